The molecule has 2 rings (SSSR count). The zero-order chi connectivity index (χ0) is 13.3. The molecular weight excluding hydrogens is 226 g/mol. The lowest BCUT2D eigenvalue weighted by atomic mass is 9.93. The molecule has 18 heavy (non-hydrogen) atoms. The monoisotopic (exact) mass is 245 g/mol. The molecule has 0 radical (unpaired) electrons. The number of nitrogens with one attached hydrogen (secondary N) is 1. The second-order valence-corrected chi connectivity index (χ2v) is 5.32. The molecular formula is C14H19N3O. The van der Waals surface area contributed by atoms with Crippen molar-refractivity contribution in [2.75, 3.05) is 12.8 Å². The fourth-order valence-electron chi connectivity index (χ4n) is 1.81. The Hall–Kier alpha value is -1.97. The molecule has 4 nitrogen and oxygen atoms in total. The number of anilines is 1. The third kappa shape index (κ3) is 2.18. The zero-order valence-corrected chi connectivity index (χ0v) is 11.2. The zero-order valence-electron chi connectivity index (χ0n) is 11.2. The van der Waals surface area contributed by atoms with Gasteiger partial charge in [-0.1, -0.05) is 26.8 Å². The lowest BCUT2D eigenvalue weighted by molar-refractivity contribution is 0.418. The maximum Gasteiger partial charge on any atom is 0.152 e. The van der Waals surface area contributed by atoms with Crippen molar-refractivity contribution in [3.8, 4) is 17.1 Å². The van der Waals surface area contributed by atoms with Crippen LogP contribution in [0, 0.1) is 0 Å². The van der Waals surface area contributed by atoms with Gasteiger partial charge < -0.3 is 15.5 Å². The largest absolute Gasteiger partial charge is 0.494 e. The molecule has 0 aliphatic carbocycles. The maximum atomic E-state index is 5.90. The van der Waals surface area contributed by atoms with E-state index >= 15 is 0 Å². The quantitative estimate of drug-likeness (QED) is 0.799. The Morgan fingerprint density at radius 3 is 2.56 bits per heavy atom. The number of nitrogens with two attached hydrogens (primary N) is 1. The summed E-state index contributed by atoms with van der Waals surface area (Å²) >= 11 is 0. The third-order valence-corrected chi connectivity index (χ3v) is 2.89. The number of aromatic nitrogens is 2. The minimum absolute atomic E-state index is 0.0405. The van der Waals surface area contributed by atoms with Crippen LogP contribution in [0.4, 0.5) is 5.69 Å². The minimum Gasteiger partial charge on any atom is -0.494 e. The van der Waals surface area contributed by atoms with Crippen molar-refractivity contribution in [1.82, 2.24) is 9.97 Å². The Morgan fingerprint density at radius 2 is 2.00 bits per heavy atom. The number of H-pyrrole nitrogens is 1. The summed E-state index contributed by atoms with van der Waals surface area (Å²) in [4.78, 5) is 7.74. The van der Waals surface area contributed by atoms with E-state index in [9.17, 15) is 0 Å². The number of imidazole rings is 1. The number of aromatic amines is 1. The summed E-state index contributed by atoms with van der Waals surface area (Å²) in [5.74, 6) is 1.44. The Labute approximate surface area is 107 Å². The molecule has 1 aromatic heterocycles. The summed E-state index contributed by atoms with van der Waals surface area (Å²) in [6, 6.07) is 5.66. The summed E-state index contributed by atoms with van der Waals surface area (Å²) in [6.07, 6.45) is 1.86. The van der Waals surface area contributed by atoms with Gasteiger partial charge in [-0.15, -0.1) is 0 Å². The molecule has 4 heteroatoms. The van der Waals surface area contributed by atoms with Gasteiger partial charge in [0.05, 0.1) is 18.4 Å². The van der Waals surface area contributed by atoms with Gasteiger partial charge in [0, 0.05) is 17.3 Å². The van der Waals surface area contributed by atoms with Crippen molar-refractivity contribution < 1.29 is 4.74 Å². The Bertz CT molecular complexity index is 552. The van der Waals surface area contributed by atoms with Gasteiger partial charge in [-0.25, -0.2) is 4.98 Å². The van der Waals surface area contributed by atoms with E-state index in [1.165, 1.54) is 0 Å². The van der Waals surface area contributed by atoms with Crippen molar-refractivity contribution in [2.24, 2.45) is 0 Å². The van der Waals surface area contributed by atoms with Crippen LogP contribution in [0.25, 0.3) is 11.4 Å². The molecule has 0 fully saturated rings. The van der Waals surface area contributed by atoms with Crippen LogP contribution in [0.2, 0.25) is 0 Å². The van der Waals surface area contributed by atoms with Crippen molar-refractivity contribution in [3.63, 3.8) is 0 Å². The van der Waals surface area contributed by atoms with Crippen molar-refractivity contribution in [2.45, 2.75) is 26.2 Å². The molecule has 3 N–H and O–H groups in total. The highest BCUT2D eigenvalue weighted by atomic mass is 16.5. The van der Waals surface area contributed by atoms with Crippen LogP contribution in [-0.2, 0) is 5.41 Å². The first kappa shape index (κ1) is 12.5. The molecule has 0 aliphatic heterocycles. The topological polar surface area (TPSA) is 63.9 Å². The van der Waals surface area contributed by atoms with Gasteiger partial charge in [0.25, 0.3) is 0 Å². The second kappa shape index (κ2) is 4.37. The molecule has 1 heterocycles. The average Bonchev–Trinajstić information content (AvgIpc) is 2.77. The summed E-state index contributed by atoms with van der Waals surface area (Å²) in [7, 11) is 1.61. The summed E-state index contributed by atoms with van der Waals surface area (Å²) in [6.45, 7) is 6.42. The standard InChI is InChI=1S/C14H19N3O/c1-14(2,3)11-8-16-13(17-11)9-6-5-7-10(15)12(9)18-4/h5-8H,15H2,1-4H3,(H,16,17). The van der Waals surface area contributed by atoms with Gasteiger partial charge in [0.2, 0.25) is 0 Å². The fraction of sp³-hybridized carbons (Fsp3) is 0.357. The lowest BCUT2D eigenvalue weighted by Crippen LogP contribution is -2.11. The molecule has 1 aromatic carbocycles. The molecule has 0 bridgehead atoms. The van der Waals surface area contributed by atoms with Crippen molar-refractivity contribution in [3.05, 3.63) is 30.1 Å². The van der Waals surface area contributed by atoms with E-state index in [0.29, 0.717) is 11.4 Å². The van der Waals surface area contributed by atoms with Crippen LogP contribution in [-0.4, -0.2) is 17.1 Å². The Morgan fingerprint density at radius 1 is 1.28 bits per heavy atom. The van der Waals surface area contributed by atoms with E-state index in [-0.39, 0.29) is 5.41 Å². The fourth-order valence-corrected chi connectivity index (χ4v) is 1.81. The number of nitrogen functional groups attached to an aromatic ring is 1. The summed E-state index contributed by atoms with van der Waals surface area (Å²) < 4.78 is 5.34. The minimum atomic E-state index is 0.0405. The van der Waals surface area contributed by atoms with Crippen LogP contribution in [0.5, 0.6) is 5.75 Å². The highest BCUT2D eigenvalue weighted by Crippen LogP contribution is 2.34. The highest BCUT2D eigenvalue weighted by Gasteiger charge is 2.18. The molecule has 0 aliphatic rings. The number of methoxy groups -OCH3 is 1. The second-order valence-electron chi connectivity index (χ2n) is 5.32. The van der Waals surface area contributed by atoms with Gasteiger partial charge in [-0.05, 0) is 12.1 Å². The third-order valence-electron chi connectivity index (χ3n) is 2.89. The molecule has 0 saturated heterocycles. The van der Waals surface area contributed by atoms with Gasteiger partial charge in [0.15, 0.2) is 5.75 Å². The Kier molecular flexibility index (Phi) is 3.03. The molecule has 0 atom stereocenters. The number of nitrogens with zero attached hydrogens (tertiary/aromatic N) is 1. The number of ether oxygens (including phenoxy) is 1. The predicted molar refractivity (Wildman–Crippen MR) is 73.7 cm³/mol. The predicted octanol–water partition coefficient (Wildman–Crippen LogP) is 2.97. The summed E-state index contributed by atoms with van der Waals surface area (Å²) in [5.41, 5.74) is 8.52. The van der Waals surface area contributed by atoms with Crippen LogP contribution >= 0.6 is 0 Å². The molecule has 0 spiro atoms. The first-order valence-electron chi connectivity index (χ1n) is 5.92. The van der Waals surface area contributed by atoms with Crippen molar-refractivity contribution >= 4 is 5.69 Å². The van der Waals surface area contributed by atoms with E-state index in [1.807, 2.05) is 24.4 Å². The molecule has 0 saturated carbocycles. The Balaban J connectivity index is 2.50. The molecule has 96 valence electrons. The number of hydrogen-bond acceptors (Lipinski definition) is 3. The highest BCUT2D eigenvalue weighted by molar-refractivity contribution is 5.73. The van der Waals surface area contributed by atoms with Gasteiger partial charge in [-0.2, -0.15) is 0 Å². The normalized spacial score (nSPS) is 11.6. The van der Waals surface area contributed by atoms with E-state index in [0.717, 1.165) is 17.1 Å². The van der Waals surface area contributed by atoms with Crippen LogP contribution in [0.1, 0.15) is 26.5 Å². The maximum absolute atomic E-state index is 5.90. The number of benzene rings is 1. The van der Waals surface area contributed by atoms with Gasteiger partial charge in [-0.3, -0.25) is 0 Å². The first-order valence-corrected chi connectivity index (χ1v) is 5.92. The number of hydrogen-bond donors (Lipinski definition) is 2. The van der Waals surface area contributed by atoms with Crippen LogP contribution in [0.3, 0.4) is 0 Å². The van der Waals surface area contributed by atoms with Gasteiger partial charge >= 0.3 is 0 Å². The average molecular weight is 245 g/mol. The van der Waals surface area contributed by atoms with E-state index in [4.69, 9.17) is 10.5 Å². The van der Waals surface area contributed by atoms with Crippen LogP contribution < -0.4 is 10.5 Å². The van der Waals surface area contributed by atoms with Gasteiger partial charge in [0.1, 0.15) is 5.82 Å². The van der Waals surface area contributed by atoms with E-state index in [1.54, 1.807) is 7.11 Å². The molecule has 0 amide bonds. The van der Waals surface area contributed by atoms with E-state index in [2.05, 4.69) is 30.7 Å². The SMILES string of the molecule is COc1c(N)cccc1-c1ncc(C(C)(C)C)[nH]1. The smallest absolute Gasteiger partial charge is 0.152 e. The number of rotatable bonds is 2. The molecule has 0 unspecified atom stereocenters. The van der Waals surface area contributed by atoms with Crippen molar-refractivity contribution in [1.29, 1.82) is 0 Å². The number of para-hydroxylation sites is 1. The first-order chi connectivity index (χ1) is 8.43. The molecule has 2 aromatic rings. The summed E-state index contributed by atoms with van der Waals surface area (Å²) in [5, 5.41) is 0. The lowest BCUT2D eigenvalue weighted by Gasteiger charge is -2.15. The van der Waals surface area contributed by atoms with E-state index < -0.39 is 0 Å². The van der Waals surface area contributed by atoms with Crippen LogP contribution in [0.15, 0.2) is 24.4 Å².